The average Bonchev–Trinajstić information content (AvgIpc) is 3.43. The number of nitrogens with one attached hydrogen (secondary N) is 1. The van der Waals surface area contributed by atoms with Crippen LogP contribution in [0.3, 0.4) is 0 Å². The molecule has 2 amide bonds. The summed E-state index contributed by atoms with van der Waals surface area (Å²) in [7, 11) is 0. The minimum Gasteiger partial charge on any atom is -0.370 e. The van der Waals surface area contributed by atoms with Gasteiger partial charge >= 0.3 is 0 Å². The maximum absolute atomic E-state index is 13.1. The van der Waals surface area contributed by atoms with Gasteiger partial charge in [-0.3, -0.25) is 9.59 Å². The van der Waals surface area contributed by atoms with Gasteiger partial charge in [-0.05, 0) is 48.9 Å². The minimum atomic E-state index is -0.339. The second-order valence-electron chi connectivity index (χ2n) is 8.47. The predicted octanol–water partition coefficient (Wildman–Crippen LogP) is 4.79. The molecule has 158 valence electrons. The summed E-state index contributed by atoms with van der Waals surface area (Å²) in [5.74, 6) is -0.0133. The van der Waals surface area contributed by atoms with Crippen molar-refractivity contribution < 1.29 is 9.59 Å². The van der Waals surface area contributed by atoms with Crippen molar-refractivity contribution in [1.29, 1.82) is 0 Å². The molecule has 5 nitrogen and oxygen atoms in total. The fourth-order valence-electron chi connectivity index (χ4n) is 4.53. The van der Waals surface area contributed by atoms with Gasteiger partial charge in [-0.25, -0.2) is 0 Å². The van der Waals surface area contributed by atoms with Gasteiger partial charge in [0.15, 0.2) is 0 Å². The van der Waals surface area contributed by atoms with Crippen LogP contribution >= 0.6 is 0 Å². The molecule has 4 rings (SSSR count). The number of benzene rings is 2. The molecule has 2 aromatic carbocycles. The van der Waals surface area contributed by atoms with E-state index in [0.717, 1.165) is 36.6 Å². The van der Waals surface area contributed by atoms with Crippen molar-refractivity contribution in [1.82, 2.24) is 0 Å². The summed E-state index contributed by atoms with van der Waals surface area (Å²) in [6, 6.07) is 16.1. The second-order valence-corrected chi connectivity index (χ2v) is 8.47. The molecule has 0 bridgehead atoms. The zero-order valence-electron chi connectivity index (χ0n) is 17.9. The number of hydrogen-bond donors (Lipinski definition) is 1. The molecular formula is C25H31N3O2. The summed E-state index contributed by atoms with van der Waals surface area (Å²) in [4.78, 5) is 30.0. The molecule has 0 spiro atoms. The lowest BCUT2D eigenvalue weighted by atomic mass is 9.96. The smallest absolute Gasteiger partial charge is 0.229 e. The molecule has 0 aliphatic carbocycles. The van der Waals surface area contributed by atoms with E-state index in [0.29, 0.717) is 12.5 Å². The summed E-state index contributed by atoms with van der Waals surface area (Å²) in [5, 5.41) is 3.11. The van der Waals surface area contributed by atoms with Gasteiger partial charge < -0.3 is 15.1 Å². The van der Waals surface area contributed by atoms with Gasteiger partial charge in [0.1, 0.15) is 0 Å². The average molecular weight is 406 g/mol. The first-order chi connectivity index (χ1) is 14.6. The lowest BCUT2D eigenvalue weighted by Gasteiger charge is -2.24. The first-order valence-corrected chi connectivity index (χ1v) is 11.1. The molecule has 0 radical (unpaired) electrons. The molecule has 0 aromatic heterocycles. The molecule has 1 N–H and O–H groups in total. The predicted molar refractivity (Wildman–Crippen MR) is 122 cm³/mol. The Labute approximate surface area is 179 Å². The Morgan fingerprint density at radius 2 is 1.73 bits per heavy atom. The molecule has 2 aliphatic rings. The van der Waals surface area contributed by atoms with Crippen LogP contribution in [-0.4, -0.2) is 31.4 Å². The number of carbonyl (C=O) groups excluding carboxylic acids is 2. The van der Waals surface area contributed by atoms with E-state index in [9.17, 15) is 9.59 Å². The fraction of sp³-hybridized carbons (Fsp3) is 0.440. The Kier molecular flexibility index (Phi) is 6.07. The van der Waals surface area contributed by atoms with Gasteiger partial charge in [0.05, 0.1) is 17.3 Å². The number of amides is 2. The number of hydrogen-bond acceptors (Lipinski definition) is 3. The molecule has 2 atom stereocenters. The van der Waals surface area contributed by atoms with Crippen LogP contribution in [0.1, 0.15) is 51.0 Å². The lowest BCUT2D eigenvalue weighted by Crippen LogP contribution is -2.29. The Balaban J connectivity index is 1.50. The molecule has 2 saturated heterocycles. The van der Waals surface area contributed by atoms with E-state index < -0.39 is 0 Å². The summed E-state index contributed by atoms with van der Waals surface area (Å²) >= 11 is 0. The molecule has 2 fully saturated rings. The van der Waals surface area contributed by atoms with Crippen LogP contribution < -0.4 is 15.1 Å². The number of carbonyl (C=O) groups is 2. The maximum atomic E-state index is 13.1. The highest BCUT2D eigenvalue weighted by atomic mass is 16.2. The standard InChI is InChI=1S/C25H31N3O2/c1-3-18(2)20-10-4-6-12-22(20)28-17-19(16-24(28)29)25(30)26-21-11-5-7-13-23(21)27-14-8-9-15-27/h4-7,10-13,18-19H,3,8-9,14-17H2,1-2H3,(H,26,30)/t18-,19+/m0/s1. The molecule has 30 heavy (non-hydrogen) atoms. The van der Waals surface area contributed by atoms with Crippen LogP contribution in [0.5, 0.6) is 0 Å². The first-order valence-electron chi connectivity index (χ1n) is 11.1. The molecule has 2 aromatic rings. The molecule has 2 aliphatic heterocycles. The van der Waals surface area contributed by atoms with E-state index in [4.69, 9.17) is 0 Å². The third-order valence-corrected chi connectivity index (χ3v) is 6.48. The van der Waals surface area contributed by atoms with Crippen LogP contribution in [0.25, 0.3) is 0 Å². The van der Waals surface area contributed by atoms with Crippen molar-refractivity contribution in [2.75, 3.05) is 34.8 Å². The Morgan fingerprint density at radius 3 is 2.47 bits per heavy atom. The number of anilines is 3. The van der Waals surface area contributed by atoms with Gasteiger partial charge in [-0.15, -0.1) is 0 Å². The Hall–Kier alpha value is -2.82. The third kappa shape index (κ3) is 4.07. The Bertz CT molecular complexity index is 920. The largest absolute Gasteiger partial charge is 0.370 e. The highest BCUT2D eigenvalue weighted by Crippen LogP contribution is 2.34. The Morgan fingerprint density at radius 1 is 1.07 bits per heavy atom. The van der Waals surface area contributed by atoms with E-state index in [-0.39, 0.29) is 24.2 Å². The van der Waals surface area contributed by atoms with E-state index in [1.165, 1.54) is 18.4 Å². The zero-order chi connectivity index (χ0) is 21.1. The summed E-state index contributed by atoms with van der Waals surface area (Å²) < 4.78 is 0. The molecular weight excluding hydrogens is 374 g/mol. The van der Waals surface area contributed by atoms with Crippen molar-refractivity contribution in [3.8, 4) is 0 Å². The fourth-order valence-corrected chi connectivity index (χ4v) is 4.53. The van der Waals surface area contributed by atoms with Crippen molar-refractivity contribution in [2.45, 2.75) is 45.4 Å². The SMILES string of the molecule is CC[C@H](C)c1ccccc1N1C[C@H](C(=O)Nc2ccccc2N2CCCC2)CC1=O. The maximum Gasteiger partial charge on any atom is 0.229 e. The van der Waals surface area contributed by atoms with Gasteiger partial charge in [0.25, 0.3) is 0 Å². The van der Waals surface area contributed by atoms with Crippen LogP contribution in [0.15, 0.2) is 48.5 Å². The molecule has 0 saturated carbocycles. The van der Waals surface area contributed by atoms with Crippen LogP contribution in [0, 0.1) is 5.92 Å². The topological polar surface area (TPSA) is 52.7 Å². The third-order valence-electron chi connectivity index (χ3n) is 6.48. The van der Waals surface area contributed by atoms with Gasteiger partial charge in [-0.1, -0.05) is 44.2 Å². The summed E-state index contributed by atoms with van der Waals surface area (Å²) in [6.45, 7) is 6.81. The second kappa shape index (κ2) is 8.90. The molecule has 2 heterocycles. The van der Waals surface area contributed by atoms with E-state index in [1.54, 1.807) is 4.90 Å². The number of rotatable bonds is 6. The first kappa shape index (κ1) is 20.5. The van der Waals surface area contributed by atoms with E-state index in [2.05, 4.69) is 36.2 Å². The summed E-state index contributed by atoms with van der Waals surface area (Å²) in [6.07, 6.45) is 3.64. The lowest BCUT2D eigenvalue weighted by molar-refractivity contribution is -0.122. The molecule has 0 unspecified atom stereocenters. The summed E-state index contributed by atoms with van der Waals surface area (Å²) in [5.41, 5.74) is 4.04. The monoisotopic (exact) mass is 405 g/mol. The van der Waals surface area contributed by atoms with Gasteiger partial charge in [0, 0.05) is 31.7 Å². The minimum absolute atomic E-state index is 0.0266. The van der Waals surface area contributed by atoms with Crippen molar-refractivity contribution in [2.24, 2.45) is 5.92 Å². The normalized spacial score (nSPS) is 19.9. The zero-order valence-corrected chi connectivity index (χ0v) is 17.9. The van der Waals surface area contributed by atoms with Gasteiger partial charge in [-0.2, -0.15) is 0 Å². The van der Waals surface area contributed by atoms with Crippen LogP contribution in [0.2, 0.25) is 0 Å². The quantitative estimate of drug-likeness (QED) is 0.752. The number of nitrogens with zero attached hydrogens (tertiary/aromatic N) is 2. The van der Waals surface area contributed by atoms with Crippen molar-refractivity contribution in [3.63, 3.8) is 0 Å². The van der Waals surface area contributed by atoms with Gasteiger partial charge in [0.2, 0.25) is 11.8 Å². The highest BCUT2D eigenvalue weighted by Gasteiger charge is 2.36. The highest BCUT2D eigenvalue weighted by molar-refractivity contribution is 6.04. The van der Waals surface area contributed by atoms with E-state index >= 15 is 0 Å². The number of para-hydroxylation sites is 3. The molecule has 5 heteroatoms. The van der Waals surface area contributed by atoms with E-state index in [1.807, 2.05) is 36.4 Å². The van der Waals surface area contributed by atoms with Crippen molar-refractivity contribution >= 4 is 28.9 Å². The van der Waals surface area contributed by atoms with Crippen LogP contribution in [0.4, 0.5) is 17.1 Å². The van der Waals surface area contributed by atoms with Crippen molar-refractivity contribution in [3.05, 3.63) is 54.1 Å². The van der Waals surface area contributed by atoms with Crippen LogP contribution in [-0.2, 0) is 9.59 Å².